The van der Waals surface area contributed by atoms with Crippen LogP contribution in [-0.4, -0.2) is 11.9 Å². The number of benzene rings is 1. The van der Waals surface area contributed by atoms with Crippen molar-refractivity contribution >= 4 is 45.6 Å². The molecule has 3 rings (SSSR count). The summed E-state index contributed by atoms with van der Waals surface area (Å²) in [6, 6.07) is 6.41. The van der Waals surface area contributed by atoms with Crippen molar-refractivity contribution in [1.82, 2.24) is 0 Å². The fourth-order valence-electron chi connectivity index (χ4n) is 3.47. The number of hydrogen-bond acceptors (Lipinski definition) is 3. The molecule has 0 saturated heterocycles. The van der Waals surface area contributed by atoms with Crippen LogP contribution >= 0.6 is 22.9 Å². The summed E-state index contributed by atoms with van der Waals surface area (Å²) in [5.41, 5.74) is 7.90. The SMILES string of the molecule is CC(C)(C)[C@@H]1CCc2c(sc(NC(=O)Nc3ccc(Cl)cc3)c2C(N)=O)C1. The van der Waals surface area contributed by atoms with Crippen molar-refractivity contribution in [3.05, 3.63) is 45.3 Å². The van der Waals surface area contributed by atoms with Gasteiger partial charge in [-0.25, -0.2) is 4.79 Å². The first kappa shape index (κ1) is 19.7. The Kier molecular flexibility index (Phi) is 5.49. The van der Waals surface area contributed by atoms with Crippen molar-refractivity contribution in [2.75, 3.05) is 10.6 Å². The van der Waals surface area contributed by atoms with E-state index in [4.69, 9.17) is 17.3 Å². The highest BCUT2D eigenvalue weighted by Crippen LogP contribution is 2.44. The molecule has 5 nitrogen and oxygen atoms in total. The van der Waals surface area contributed by atoms with Gasteiger partial charge in [0.25, 0.3) is 5.91 Å². The second-order valence-corrected chi connectivity index (χ2v) is 9.51. The number of nitrogens with one attached hydrogen (secondary N) is 2. The number of nitrogens with two attached hydrogens (primary N) is 1. The summed E-state index contributed by atoms with van der Waals surface area (Å²) >= 11 is 7.31. The number of primary amides is 1. The minimum Gasteiger partial charge on any atom is -0.365 e. The maximum Gasteiger partial charge on any atom is 0.324 e. The number of fused-ring (bicyclic) bond motifs is 1. The fourth-order valence-corrected chi connectivity index (χ4v) is 4.93. The molecule has 0 saturated carbocycles. The van der Waals surface area contributed by atoms with Crippen molar-refractivity contribution in [2.45, 2.75) is 40.0 Å². The van der Waals surface area contributed by atoms with Gasteiger partial charge in [0.1, 0.15) is 5.00 Å². The van der Waals surface area contributed by atoms with Gasteiger partial charge in [0.2, 0.25) is 0 Å². The van der Waals surface area contributed by atoms with Crippen molar-refractivity contribution in [3.63, 3.8) is 0 Å². The molecule has 4 N–H and O–H groups in total. The van der Waals surface area contributed by atoms with Crippen LogP contribution in [0.4, 0.5) is 15.5 Å². The summed E-state index contributed by atoms with van der Waals surface area (Å²) in [6.45, 7) is 6.72. The maximum atomic E-state index is 12.4. The Labute approximate surface area is 168 Å². The van der Waals surface area contributed by atoms with E-state index in [1.165, 1.54) is 11.3 Å². The first-order valence-corrected chi connectivity index (χ1v) is 10.1. The smallest absolute Gasteiger partial charge is 0.324 e. The highest BCUT2D eigenvalue weighted by molar-refractivity contribution is 7.17. The number of carbonyl (C=O) groups excluding carboxylic acids is 2. The van der Waals surface area contributed by atoms with Gasteiger partial charge in [0, 0.05) is 15.6 Å². The number of hydrogen-bond donors (Lipinski definition) is 3. The summed E-state index contributed by atoms with van der Waals surface area (Å²) in [4.78, 5) is 25.6. The zero-order chi connectivity index (χ0) is 19.8. The molecule has 0 unspecified atom stereocenters. The molecule has 144 valence electrons. The Balaban J connectivity index is 1.81. The molecule has 1 heterocycles. The molecule has 0 spiro atoms. The molecule has 0 radical (unpaired) electrons. The third-order valence-corrected chi connectivity index (χ3v) is 6.49. The van der Waals surface area contributed by atoms with Crippen LogP contribution in [0.3, 0.4) is 0 Å². The minimum absolute atomic E-state index is 0.202. The lowest BCUT2D eigenvalue weighted by atomic mass is 9.72. The highest BCUT2D eigenvalue weighted by Gasteiger charge is 2.33. The van der Waals surface area contributed by atoms with Crippen molar-refractivity contribution in [2.24, 2.45) is 17.1 Å². The van der Waals surface area contributed by atoms with Crippen molar-refractivity contribution < 1.29 is 9.59 Å². The van der Waals surface area contributed by atoms with Gasteiger partial charge < -0.3 is 11.1 Å². The van der Waals surface area contributed by atoms with Crippen LogP contribution in [0.5, 0.6) is 0 Å². The number of anilines is 2. The molecule has 3 amide bonds. The third-order valence-electron chi connectivity index (χ3n) is 5.07. The van der Waals surface area contributed by atoms with E-state index in [-0.39, 0.29) is 5.41 Å². The van der Waals surface area contributed by atoms with Crippen molar-refractivity contribution in [3.8, 4) is 0 Å². The molecule has 1 aliphatic carbocycles. The van der Waals surface area contributed by atoms with E-state index in [1.54, 1.807) is 24.3 Å². The van der Waals surface area contributed by atoms with E-state index < -0.39 is 11.9 Å². The van der Waals surface area contributed by atoms with Gasteiger partial charge in [-0.1, -0.05) is 32.4 Å². The predicted molar refractivity (Wildman–Crippen MR) is 112 cm³/mol. The molecule has 1 aliphatic rings. The van der Waals surface area contributed by atoms with Gasteiger partial charge in [-0.15, -0.1) is 11.3 Å². The molecule has 7 heteroatoms. The van der Waals surface area contributed by atoms with Crippen LogP contribution in [0, 0.1) is 11.3 Å². The lowest BCUT2D eigenvalue weighted by Crippen LogP contribution is -2.27. The largest absolute Gasteiger partial charge is 0.365 e. The molecule has 0 aliphatic heterocycles. The Morgan fingerprint density at radius 3 is 2.44 bits per heavy atom. The summed E-state index contributed by atoms with van der Waals surface area (Å²) in [7, 11) is 0. The molecular weight excluding hydrogens is 382 g/mol. The maximum absolute atomic E-state index is 12.4. The van der Waals surface area contributed by atoms with Gasteiger partial charge >= 0.3 is 6.03 Å². The zero-order valence-electron chi connectivity index (χ0n) is 15.7. The topological polar surface area (TPSA) is 84.2 Å². The summed E-state index contributed by atoms with van der Waals surface area (Å²) < 4.78 is 0. The molecule has 2 aromatic rings. The normalized spacial score (nSPS) is 16.5. The first-order valence-electron chi connectivity index (χ1n) is 8.93. The molecule has 0 fully saturated rings. The van der Waals surface area contributed by atoms with Crippen LogP contribution in [0.1, 0.15) is 48.0 Å². The molecule has 0 bridgehead atoms. The fraction of sp³-hybridized carbons (Fsp3) is 0.400. The molecule has 1 atom stereocenters. The zero-order valence-corrected chi connectivity index (χ0v) is 17.3. The lowest BCUT2D eigenvalue weighted by Gasteiger charge is -2.33. The second kappa shape index (κ2) is 7.52. The number of urea groups is 1. The Morgan fingerprint density at radius 2 is 1.85 bits per heavy atom. The van der Waals surface area contributed by atoms with E-state index in [0.29, 0.717) is 27.2 Å². The predicted octanol–water partition coefficient (Wildman–Crippen LogP) is 5.30. The van der Waals surface area contributed by atoms with Gasteiger partial charge in [0.15, 0.2) is 0 Å². The average Bonchev–Trinajstić information content (AvgIpc) is 2.93. The summed E-state index contributed by atoms with van der Waals surface area (Å²) in [5.74, 6) is 0.0450. The number of thiophene rings is 1. The third kappa shape index (κ3) is 4.45. The monoisotopic (exact) mass is 405 g/mol. The Morgan fingerprint density at radius 1 is 1.19 bits per heavy atom. The summed E-state index contributed by atoms with van der Waals surface area (Å²) in [5, 5.41) is 6.66. The Hall–Kier alpha value is -2.05. The number of amides is 3. The second-order valence-electron chi connectivity index (χ2n) is 7.96. The summed E-state index contributed by atoms with van der Waals surface area (Å²) in [6.07, 6.45) is 2.74. The minimum atomic E-state index is -0.497. The van der Waals surface area contributed by atoms with Gasteiger partial charge in [-0.3, -0.25) is 10.1 Å². The molecule has 27 heavy (non-hydrogen) atoms. The lowest BCUT2D eigenvalue weighted by molar-refractivity contribution is 0.1000. The van der Waals surface area contributed by atoms with E-state index >= 15 is 0 Å². The molecule has 1 aromatic heterocycles. The van der Waals surface area contributed by atoms with Crippen LogP contribution < -0.4 is 16.4 Å². The van der Waals surface area contributed by atoms with E-state index in [0.717, 1.165) is 29.7 Å². The van der Waals surface area contributed by atoms with E-state index in [2.05, 4.69) is 31.4 Å². The standard InChI is InChI=1S/C20H24ClN3O2S/c1-20(2,3)11-4-9-14-15(10-11)27-18(16(14)17(22)25)24-19(26)23-13-7-5-12(21)6-8-13/h5-8,11H,4,9-10H2,1-3H3,(H2,22,25)(H2,23,24,26)/t11-/m1/s1. The molecular formula is C20H24ClN3O2S. The average molecular weight is 406 g/mol. The number of carbonyl (C=O) groups is 2. The van der Waals surface area contributed by atoms with Gasteiger partial charge in [-0.05, 0) is 60.4 Å². The van der Waals surface area contributed by atoms with Gasteiger partial charge in [0.05, 0.1) is 5.56 Å². The van der Waals surface area contributed by atoms with Crippen LogP contribution in [0.15, 0.2) is 24.3 Å². The van der Waals surface area contributed by atoms with Crippen LogP contribution in [-0.2, 0) is 12.8 Å². The highest BCUT2D eigenvalue weighted by atomic mass is 35.5. The molecule has 1 aromatic carbocycles. The Bertz CT molecular complexity index is 869. The number of halogens is 1. The number of rotatable bonds is 3. The van der Waals surface area contributed by atoms with Crippen LogP contribution in [0.2, 0.25) is 5.02 Å². The van der Waals surface area contributed by atoms with E-state index in [1.807, 2.05) is 0 Å². The van der Waals surface area contributed by atoms with Gasteiger partial charge in [-0.2, -0.15) is 0 Å². The van der Waals surface area contributed by atoms with Crippen LogP contribution in [0.25, 0.3) is 0 Å². The quantitative estimate of drug-likeness (QED) is 0.647. The van der Waals surface area contributed by atoms with Crippen molar-refractivity contribution in [1.29, 1.82) is 0 Å². The van der Waals surface area contributed by atoms with E-state index in [9.17, 15) is 9.59 Å². The first-order chi connectivity index (χ1) is 12.6.